The molecule has 6 heteroatoms. The van der Waals surface area contributed by atoms with Gasteiger partial charge in [-0.2, -0.15) is 0 Å². The fourth-order valence-electron chi connectivity index (χ4n) is 1.51. The largest absolute Gasteiger partial charge is 0.389 e. The van der Waals surface area contributed by atoms with Gasteiger partial charge in [-0.1, -0.05) is 35.5 Å². The first kappa shape index (κ1) is 14.2. The molecule has 0 aliphatic heterocycles. The standard InChI is InChI=1S/C14H15N3O2S/c1-10(12-6-4-3-5-7-12)17-19-8-13-9-20-14(16-13)15-11(2)18/h3-7,9H,8H2,1-2H3,(H,15,16,18)/b17-10-. The number of rotatable bonds is 5. The summed E-state index contributed by atoms with van der Waals surface area (Å²) in [5, 5.41) is 9.08. The number of aromatic nitrogens is 1. The van der Waals surface area contributed by atoms with Crippen LogP contribution < -0.4 is 5.32 Å². The van der Waals surface area contributed by atoms with E-state index in [0.717, 1.165) is 17.0 Å². The molecule has 0 bridgehead atoms. The van der Waals surface area contributed by atoms with E-state index in [9.17, 15) is 4.79 Å². The van der Waals surface area contributed by atoms with Crippen molar-refractivity contribution < 1.29 is 9.63 Å². The molecule has 0 spiro atoms. The molecule has 2 rings (SSSR count). The summed E-state index contributed by atoms with van der Waals surface area (Å²) < 4.78 is 0. The van der Waals surface area contributed by atoms with Crippen LogP contribution in [0.1, 0.15) is 25.1 Å². The number of benzene rings is 1. The first-order valence-electron chi connectivity index (χ1n) is 6.09. The van der Waals surface area contributed by atoms with Crippen LogP contribution in [-0.2, 0) is 16.2 Å². The summed E-state index contributed by atoms with van der Waals surface area (Å²) in [6, 6.07) is 9.80. The van der Waals surface area contributed by atoms with Crippen LogP contribution in [-0.4, -0.2) is 16.6 Å². The van der Waals surface area contributed by atoms with E-state index in [4.69, 9.17) is 4.84 Å². The van der Waals surface area contributed by atoms with E-state index >= 15 is 0 Å². The van der Waals surface area contributed by atoms with Crippen molar-refractivity contribution in [1.82, 2.24) is 4.98 Å². The number of hydrogen-bond acceptors (Lipinski definition) is 5. The molecule has 20 heavy (non-hydrogen) atoms. The highest BCUT2D eigenvalue weighted by Crippen LogP contribution is 2.16. The van der Waals surface area contributed by atoms with Gasteiger partial charge in [-0.05, 0) is 12.5 Å². The van der Waals surface area contributed by atoms with Crippen LogP contribution in [0.2, 0.25) is 0 Å². The molecule has 2 aromatic rings. The lowest BCUT2D eigenvalue weighted by atomic mass is 10.1. The van der Waals surface area contributed by atoms with Gasteiger partial charge < -0.3 is 10.2 Å². The van der Waals surface area contributed by atoms with Crippen LogP contribution in [0.4, 0.5) is 5.13 Å². The van der Waals surface area contributed by atoms with E-state index in [2.05, 4.69) is 15.5 Å². The minimum atomic E-state index is -0.134. The summed E-state index contributed by atoms with van der Waals surface area (Å²) in [5.74, 6) is -0.134. The van der Waals surface area contributed by atoms with E-state index in [0.29, 0.717) is 5.13 Å². The normalized spacial score (nSPS) is 11.2. The van der Waals surface area contributed by atoms with Gasteiger partial charge in [0.15, 0.2) is 11.7 Å². The SMILES string of the molecule is CC(=O)Nc1nc(CO/N=C(/C)c2ccccc2)cs1. The van der Waals surface area contributed by atoms with E-state index in [1.165, 1.54) is 18.3 Å². The number of anilines is 1. The summed E-state index contributed by atoms with van der Waals surface area (Å²) in [6.07, 6.45) is 0. The molecule has 1 amide bonds. The van der Waals surface area contributed by atoms with Crippen LogP contribution in [0, 0.1) is 0 Å². The predicted molar refractivity (Wildman–Crippen MR) is 79.9 cm³/mol. The van der Waals surface area contributed by atoms with Gasteiger partial charge in [0.1, 0.15) is 0 Å². The maximum Gasteiger partial charge on any atom is 0.223 e. The molecule has 0 unspecified atom stereocenters. The zero-order valence-corrected chi connectivity index (χ0v) is 12.1. The van der Waals surface area contributed by atoms with Gasteiger partial charge in [0.2, 0.25) is 5.91 Å². The smallest absolute Gasteiger partial charge is 0.223 e. The second-order valence-corrected chi connectivity index (χ2v) is 5.00. The van der Waals surface area contributed by atoms with Gasteiger partial charge in [0.05, 0.1) is 11.4 Å². The Hall–Kier alpha value is -2.21. The second-order valence-electron chi connectivity index (χ2n) is 4.14. The van der Waals surface area contributed by atoms with Crippen molar-refractivity contribution in [3.8, 4) is 0 Å². The number of thiazole rings is 1. The van der Waals surface area contributed by atoms with E-state index in [-0.39, 0.29) is 12.5 Å². The average Bonchev–Trinajstić information content (AvgIpc) is 2.86. The van der Waals surface area contributed by atoms with Crippen LogP contribution in [0.3, 0.4) is 0 Å². The van der Waals surface area contributed by atoms with Crippen molar-refractivity contribution in [1.29, 1.82) is 0 Å². The minimum Gasteiger partial charge on any atom is -0.389 e. The average molecular weight is 289 g/mol. The van der Waals surface area contributed by atoms with Crippen molar-refractivity contribution in [2.24, 2.45) is 5.16 Å². The Bertz CT molecular complexity index is 608. The molecule has 5 nitrogen and oxygen atoms in total. The maximum atomic E-state index is 10.9. The van der Waals surface area contributed by atoms with E-state index in [1.807, 2.05) is 42.6 Å². The van der Waals surface area contributed by atoms with Crippen molar-refractivity contribution >= 4 is 28.1 Å². The Kier molecular flexibility index (Phi) is 4.84. The molecule has 0 aliphatic carbocycles. The molecule has 1 heterocycles. The monoisotopic (exact) mass is 289 g/mol. The van der Waals surface area contributed by atoms with Crippen molar-refractivity contribution in [3.05, 3.63) is 47.0 Å². The number of carbonyl (C=O) groups is 1. The zero-order chi connectivity index (χ0) is 14.4. The predicted octanol–water partition coefficient (Wildman–Crippen LogP) is 3.04. The fourth-order valence-corrected chi connectivity index (χ4v) is 2.25. The van der Waals surface area contributed by atoms with Gasteiger partial charge in [-0.3, -0.25) is 4.79 Å². The lowest BCUT2D eigenvalue weighted by Gasteiger charge is -2.00. The minimum absolute atomic E-state index is 0.134. The van der Waals surface area contributed by atoms with E-state index < -0.39 is 0 Å². The van der Waals surface area contributed by atoms with Crippen molar-refractivity contribution in [2.45, 2.75) is 20.5 Å². The van der Waals surface area contributed by atoms with Crippen LogP contribution >= 0.6 is 11.3 Å². The Labute approximate surface area is 121 Å². The molecular weight excluding hydrogens is 274 g/mol. The van der Waals surface area contributed by atoms with Crippen molar-refractivity contribution in [3.63, 3.8) is 0 Å². The Balaban J connectivity index is 1.89. The number of nitrogens with zero attached hydrogens (tertiary/aromatic N) is 2. The third-order valence-electron chi connectivity index (χ3n) is 2.44. The molecule has 0 fully saturated rings. The second kappa shape index (κ2) is 6.81. The highest BCUT2D eigenvalue weighted by Gasteiger charge is 2.04. The number of hydrogen-bond donors (Lipinski definition) is 1. The Morgan fingerprint density at radius 2 is 2.10 bits per heavy atom. The first-order valence-corrected chi connectivity index (χ1v) is 6.97. The molecule has 0 saturated heterocycles. The maximum absolute atomic E-state index is 10.9. The molecule has 0 radical (unpaired) electrons. The molecule has 1 N–H and O–H groups in total. The lowest BCUT2D eigenvalue weighted by molar-refractivity contribution is -0.114. The van der Waals surface area contributed by atoms with Gasteiger partial charge in [0, 0.05) is 12.3 Å². The summed E-state index contributed by atoms with van der Waals surface area (Å²) in [7, 11) is 0. The highest BCUT2D eigenvalue weighted by atomic mass is 32.1. The molecule has 104 valence electrons. The zero-order valence-electron chi connectivity index (χ0n) is 11.3. The number of oxime groups is 1. The summed E-state index contributed by atoms with van der Waals surface area (Å²) in [4.78, 5) is 20.4. The summed E-state index contributed by atoms with van der Waals surface area (Å²) >= 11 is 1.36. The fraction of sp³-hybridized carbons (Fsp3) is 0.214. The summed E-state index contributed by atoms with van der Waals surface area (Å²) in [6.45, 7) is 3.62. The van der Waals surface area contributed by atoms with Gasteiger partial charge >= 0.3 is 0 Å². The van der Waals surface area contributed by atoms with Crippen LogP contribution in [0.25, 0.3) is 0 Å². The molecule has 1 aromatic heterocycles. The molecule has 0 aliphatic rings. The van der Waals surface area contributed by atoms with Crippen LogP contribution in [0.5, 0.6) is 0 Å². The highest BCUT2D eigenvalue weighted by molar-refractivity contribution is 7.13. The molecule has 1 aromatic carbocycles. The molecule has 0 saturated carbocycles. The number of nitrogens with one attached hydrogen (secondary N) is 1. The molecular formula is C14H15N3O2S. The van der Waals surface area contributed by atoms with Gasteiger partial charge in [-0.25, -0.2) is 4.98 Å². The van der Waals surface area contributed by atoms with Gasteiger partial charge in [0.25, 0.3) is 0 Å². The Morgan fingerprint density at radius 1 is 1.35 bits per heavy atom. The third-order valence-corrected chi connectivity index (χ3v) is 3.25. The third kappa shape index (κ3) is 4.17. The topological polar surface area (TPSA) is 63.6 Å². The lowest BCUT2D eigenvalue weighted by Crippen LogP contribution is -2.05. The van der Waals surface area contributed by atoms with Crippen molar-refractivity contribution in [2.75, 3.05) is 5.32 Å². The van der Waals surface area contributed by atoms with E-state index in [1.54, 1.807) is 0 Å². The number of carbonyl (C=O) groups excluding carboxylic acids is 1. The first-order chi connectivity index (χ1) is 9.65. The van der Waals surface area contributed by atoms with Crippen LogP contribution in [0.15, 0.2) is 40.9 Å². The summed E-state index contributed by atoms with van der Waals surface area (Å²) in [5.41, 5.74) is 2.57. The quantitative estimate of drug-likeness (QED) is 0.679. The van der Waals surface area contributed by atoms with Gasteiger partial charge in [-0.15, -0.1) is 11.3 Å². The number of amides is 1. The Morgan fingerprint density at radius 3 is 2.80 bits per heavy atom. The molecule has 0 atom stereocenters.